The number of rotatable bonds is 5. The zero-order valence-corrected chi connectivity index (χ0v) is 15.7. The minimum atomic E-state index is -3.82. The summed E-state index contributed by atoms with van der Waals surface area (Å²) in [6, 6.07) is 7.90. The van der Waals surface area contributed by atoms with E-state index < -0.39 is 16.0 Å². The fraction of sp³-hybridized carbons (Fsp3) is 0.278. The Morgan fingerprint density at radius 3 is 2.16 bits per heavy atom. The minimum Gasteiger partial charge on any atom is -0.478 e. The molecular formula is C18H22N2O4S. The van der Waals surface area contributed by atoms with E-state index in [-0.39, 0.29) is 16.1 Å². The van der Waals surface area contributed by atoms with Crippen LogP contribution in [0.25, 0.3) is 0 Å². The first-order valence-electron chi connectivity index (χ1n) is 7.68. The Kier molecular flexibility index (Phi) is 5.08. The molecule has 0 heterocycles. The van der Waals surface area contributed by atoms with Crippen molar-refractivity contribution in [1.29, 1.82) is 0 Å². The number of anilines is 2. The first-order chi connectivity index (χ1) is 11.5. The van der Waals surface area contributed by atoms with E-state index in [0.717, 1.165) is 11.1 Å². The van der Waals surface area contributed by atoms with E-state index in [1.165, 1.54) is 6.07 Å². The third-order valence-electron chi connectivity index (χ3n) is 4.04. The molecule has 0 radical (unpaired) electrons. The van der Waals surface area contributed by atoms with Crippen molar-refractivity contribution in [2.45, 2.75) is 25.7 Å². The van der Waals surface area contributed by atoms with Gasteiger partial charge in [-0.3, -0.25) is 4.72 Å². The van der Waals surface area contributed by atoms with Crippen LogP contribution in [0, 0.1) is 20.8 Å². The lowest BCUT2D eigenvalue weighted by molar-refractivity contribution is 0.0697. The number of nitrogens with zero attached hydrogens (tertiary/aromatic N) is 1. The van der Waals surface area contributed by atoms with E-state index in [0.29, 0.717) is 11.3 Å². The molecular weight excluding hydrogens is 340 g/mol. The molecule has 0 saturated carbocycles. The summed E-state index contributed by atoms with van der Waals surface area (Å²) in [6.45, 7) is 5.51. The summed E-state index contributed by atoms with van der Waals surface area (Å²) < 4.78 is 27.9. The second kappa shape index (κ2) is 6.76. The topological polar surface area (TPSA) is 86.7 Å². The second-order valence-corrected chi connectivity index (χ2v) is 7.89. The molecule has 0 atom stereocenters. The quantitative estimate of drug-likeness (QED) is 0.853. The number of nitrogens with one attached hydrogen (secondary N) is 1. The van der Waals surface area contributed by atoms with Crippen LogP contribution < -0.4 is 9.62 Å². The van der Waals surface area contributed by atoms with Crippen LogP contribution in [0.2, 0.25) is 0 Å². The number of carbonyl (C=O) groups is 1. The third-order valence-corrected chi connectivity index (χ3v) is 5.57. The Bertz CT molecular complexity index is 934. The highest BCUT2D eigenvalue weighted by Crippen LogP contribution is 2.26. The molecule has 0 aromatic heterocycles. The highest BCUT2D eigenvalue weighted by Gasteiger charge is 2.20. The average Bonchev–Trinajstić information content (AvgIpc) is 2.49. The van der Waals surface area contributed by atoms with Gasteiger partial charge < -0.3 is 10.0 Å². The van der Waals surface area contributed by atoms with E-state index in [2.05, 4.69) is 4.72 Å². The van der Waals surface area contributed by atoms with Crippen LogP contribution in [-0.4, -0.2) is 33.6 Å². The normalized spacial score (nSPS) is 11.2. The fourth-order valence-corrected chi connectivity index (χ4v) is 3.96. The maximum atomic E-state index is 12.7. The Morgan fingerprint density at radius 1 is 1.00 bits per heavy atom. The highest BCUT2D eigenvalue weighted by atomic mass is 32.2. The summed E-state index contributed by atoms with van der Waals surface area (Å²) in [5.74, 6) is -1.12. The molecule has 134 valence electrons. The Hall–Kier alpha value is -2.54. The molecule has 0 aliphatic rings. The summed E-state index contributed by atoms with van der Waals surface area (Å²) in [6.07, 6.45) is 0. The number of carboxylic acids is 1. The lowest BCUT2D eigenvalue weighted by Gasteiger charge is -2.17. The van der Waals surface area contributed by atoms with Crippen molar-refractivity contribution in [3.63, 3.8) is 0 Å². The van der Waals surface area contributed by atoms with Crippen molar-refractivity contribution in [3.8, 4) is 0 Å². The number of aromatic carboxylic acids is 1. The molecule has 0 unspecified atom stereocenters. The molecule has 25 heavy (non-hydrogen) atoms. The average molecular weight is 362 g/mol. The van der Waals surface area contributed by atoms with Crippen LogP contribution in [0.1, 0.15) is 27.0 Å². The molecule has 2 N–H and O–H groups in total. The fourth-order valence-electron chi connectivity index (χ4n) is 2.59. The molecule has 2 rings (SSSR count). The highest BCUT2D eigenvalue weighted by molar-refractivity contribution is 7.92. The van der Waals surface area contributed by atoms with Crippen LogP contribution in [-0.2, 0) is 10.0 Å². The van der Waals surface area contributed by atoms with E-state index in [4.69, 9.17) is 0 Å². The van der Waals surface area contributed by atoms with Crippen LogP contribution in [0.15, 0.2) is 35.2 Å². The molecule has 0 aliphatic carbocycles. The van der Waals surface area contributed by atoms with Gasteiger partial charge in [0, 0.05) is 19.8 Å². The minimum absolute atomic E-state index is 0.0296. The van der Waals surface area contributed by atoms with Gasteiger partial charge in [-0.1, -0.05) is 6.07 Å². The van der Waals surface area contributed by atoms with Crippen LogP contribution >= 0.6 is 0 Å². The monoisotopic (exact) mass is 362 g/mol. The molecule has 0 amide bonds. The molecule has 0 saturated heterocycles. The van der Waals surface area contributed by atoms with Gasteiger partial charge in [0.25, 0.3) is 10.0 Å². The predicted molar refractivity (Wildman–Crippen MR) is 99.2 cm³/mol. The van der Waals surface area contributed by atoms with Crippen molar-refractivity contribution in [3.05, 3.63) is 52.6 Å². The molecule has 2 aromatic carbocycles. The molecule has 0 aliphatic heterocycles. The van der Waals surface area contributed by atoms with Gasteiger partial charge in [0.15, 0.2) is 0 Å². The molecule has 0 bridgehead atoms. The maximum Gasteiger partial charge on any atom is 0.337 e. The van der Waals surface area contributed by atoms with E-state index in [9.17, 15) is 18.3 Å². The summed E-state index contributed by atoms with van der Waals surface area (Å²) >= 11 is 0. The number of hydrogen-bond donors (Lipinski definition) is 2. The Labute approximate surface area is 148 Å². The smallest absolute Gasteiger partial charge is 0.337 e. The van der Waals surface area contributed by atoms with Gasteiger partial charge in [-0.25, -0.2) is 13.2 Å². The van der Waals surface area contributed by atoms with E-state index in [1.54, 1.807) is 44.1 Å². The number of hydrogen-bond acceptors (Lipinski definition) is 4. The third kappa shape index (κ3) is 3.93. The Morgan fingerprint density at radius 2 is 1.60 bits per heavy atom. The van der Waals surface area contributed by atoms with Gasteiger partial charge in [-0.2, -0.15) is 0 Å². The van der Waals surface area contributed by atoms with Gasteiger partial charge in [-0.15, -0.1) is 0 Å². The molecule has 0 fully saturated rings. The SMILES string of the molecule is Cc1cc(C)c(S(=O)(=O)Nc2ccc(N(C)C)c(C(=O)O)c2)cc1C. The van der Waals surface area contributed by atoms with Gasteiger partial charge in [-0.05, 0) is 61.7 Å². The van der Waals surface area contributed by atoms with Gasteiger partial charge in [0.05, 0.1) is 16.1 Å². The number of carboxylic acid groups (broad SMARTS) is 1. The zero-order valence-electron chi connectivity index (χ0n) is 14.9. The maximum absolute atomic E-state index is 12.7. The number of benzene rings is 2. The zero-order chi connectivity index (χ0) is 18.9. The van der Waals surface area contributed by atoms with Crippen LogP contribution in [0.4, 0.5) is 11.4 Å². The lowest BCUT2D eigenvalue weighted by atomic mass is 10.1. The van der Waals surface area contributed by atoms with Gasteiger partial charge in [0.2, 0.25) is 0 Å². The van der Waals surface area contributed by atoms with E-state index in [1.807, 2.05) is 19.9 Å². The largest absolute Gasteiger partial charge is 0.478 e. The van der Waals surface area contributed by atoms with E-state index >= 15 is 0 Å². The number of sulfonamides is 1. The second-order valence-electron chi connectivity index (χ2n) is 6.24. The standard InChI is InChI=1S/C18H22N2O4S/c1-11-8-13(3)17(9-12(11)2)25(23,24)19-14-6-7-16(20(4)5)15(10-14)18(21)22/h6-10,19H,1-5H3,(H,21,22). The van der Waals surface area contributed by atoms with Gasteiger partial charge >= 0.3 is 5.97 Å². The molecule has 0 spiro atoms. The summed E-state index contributed by atoms with van der Waals surface area (Å²) in [5.41, 5.74) is 3.26. The molecule has 2 aromatic rings. The van der Waals surface area contributed by atoms with Crippen molar-refractivity contribution in [2.24, 2.45) is 0 Å². The predicted octanol–water partition coefficient (Wildman–Crippen LogP) is 3.18. The van der Waals surface area contributed by atoms with Crippen molar-refractivity contribution < 1.29 is 18.3 Å². The molecule has 7 heteroatoms. The first-order valence-corrected chi connectivity index (χ1v) is 9.16. The summed E-state index contributed by atoms with van der Waals surface area (Å²) in [7, 11) is -0.363. The first kappa shape index (κ1) is 18.8. The molecule has 6 nitrogen and oxygen atoms in total. The van der Waals surface area contributed by atoms with Crippen LogP contribution in [0.3, 0.4) is 0 Å². The van der Waals surface area contributed by atoms with Crippen molar-refractivity contribution >= 4 is 27.4 Å². The lowest BCUT2D eigenvalue weighted by Crippen LogP contribution is -2.17. The Balaban J connectivity index is 2.47. The van der Waals surface area contributed by atoms with Crippen LogP contribution in [0.5, 0.6) is 0 Å². The number of aryl methyl sites for hydroxylation is 3. The summed E-state index contributed by atoms with van der Waals surface area (Å²) in [5, 5.41) is 9.36. The summed E-state index contributed by atoms with van der Waals surface area (Å²) in [4.78, 5) is 13.3. The van der Waals surface area contributed by atoms with Gasteiger partial charge in [0.1, 0.15) is 0 Å². The van der Waals surface area contributed by atoms with Crippen molar-refractivity contribution in [1.82, 2.24) is 0 Å². The van der Waals surface area contributed by atoms with Crippen molar-refractivity contribution in [2.75, 3.05) is 23.7 Å².